The van der Waals surface area contributed by atoms with E-state index in [2.05, 4.69) is 5.10 Å². The van der Waals surface area contributed by atoms with Crippen molar-refractivity contribution in [2.45, 2.75) is 13.2 Å². The lowest BCUT2D eigenvalue weighted by Gasteiger charge is -2.20. The SMILES string of the molecule is CC(=O)N1N=C(c2ccc([N+](=O)[O-])s2)OC1c1cccc2ccccc12. The number of thiophene rings is 1. The molecule has 2 heterocycles. The molecule has 0 saturated carbocycles. The molecule has 0 saturated heterocycles. The number of nitro groups is 1. The average molecular weight is 367 g/mol. The Morgan fingerprint density at radius 1 is 1.19 bits per heavy atom. The molecule has 26 heavy (non-hydrogen) atoms. The molecular formula is C18H13N3O4S. The van der Waals surface area contributed by atoms with Crippen LogP contribution in [-0.4, -0.2) is 21.7 Å². The number of ether oxygens (including phenoxy) is 1. The van der Waals surface area contributed by atoms with Gasteiger partial charge in [-0.1, -0.05) is 53.8 Å². The van der Waals surface area contributed by atoms with Crippen LogP contribution in [0.3, 0.4) is 0 Å². The van der Waals surface area contributed by atoms with Gasteiger partial charge in [-0.25, -0.2) is 0 Å². The Labute approximate surface area is 152 Å². The van der Waals surface area contributed by atoms with Gasteiger partial charge in [-0.15, -0.1) is 5.10 Å². The van der Waals surface area contributed by atoms with Gasteiger partial charge < -0.3 is 4.74 Å². The van der Waals surface area contributed by atoms with Crippen LogP contribution in [0.4, 0.5) is 5.00 Å². The van der Waals surface area contributed by atoms with Crippen molar-refractivity contribution in [3.05, 3.63) is 75.2 Å². The van der Waals surface area contributed by atoms with Gasteiger partial charge in [-0.3, -0.25) is 14.9 Å². The molecule has 0 spiro atoms. The number of hydrogen-bond donors (Lipinski definition) is 0. The molecule has 8 heteroatoms. The lowest BCUT2D eigenvalue weighted by molar-refractivity contribution is -0.380. The first kappa shape index (κ1) is 16.2. The van der Waals surface area contributed by atoms with Crippen LogP contribution in [0.15, 0.2) is 59.7 Å². The van der Waals surface area contributed by atoms with E-state index in [1.807, 2.05) is 42.5 Å². The summed E-state index contributed by atoms with van der Waals surface area (Å²) in [5, 5.41) is 18.4. The predicted octanol–water partition coefficient (Wildman–Crippen LogP) is 4.05. The zero-order chi connectivity index (χ0) is 18.3. The zero-order valence-electron chi connectivity index (χ0n) is 13.7. The quantitative estimate of drug-likeness (QED) is 0.516. The summed E-state index contributed by atoms with van der Waals surface area (Å²) in [5.74, 6) is -0.0692. The minimum atomic E-state index is -0.713. The van der Waals surface area contributed by atoms with Crippen LogP contribution in [0.5, 0.6) is 0 Å². The highest BCUT2D eigenvalue weighted by Crippen LogP contribution is 2.36. The lowest BCUT2D eigenvalue weighted by Crippen LogP contribution is -2.25. The van der Waals surface area contributed by atoms with E-state index in [4.69, 9.17) is 4.74 Å². The minimum Gasteiger partial charge on any atom is -0.445 e. The third-order valence-electron chi connectivity index (χ3n) is 4.04. The molecule has 130 valence electrons. The zero-order valence-corrected chi connectivity index (χ0v) is 14.5. The van der Waals surface area contributed by atoms with Gasteiger partial charge in [0.1, 0.15) is 0 Å². The standard InChI is InChI=1S/C18H13N3O4S/c1-11(22)20-18(14-8-4-6-12-5-2-3-7-13(12)14)25-17(19-20)15-9-10-16(26-15)21(23)24/h2-10,18H,1H3. The number of carbonyl (C=O) groups excluding carboxylic acids is 1. The monoisotopic (exact) mass is 367 g/mol. The molecule has 1 aliphatic heterocycles. The van der Waals surface area contributed by atoms with E-state index in [1.54, 1.807) is 6.07 Å². The molecule has 3 aromatic rings. The summed E-state index contributed by atoms with van der Waals surface area (Å²) >= 11 is 0.960. The molecule has 4 rings (SSSR count). The molecule has 1 atom stereocenters. The van der Waals surface area contributed by atoms with Gasteiger partial charge in [-0.2, -0.15) is 5.01 Å². The molecule has 0 radical (unpaired) electrons. The molecule has 7 nitrogen and oxygen atoms in total. The van der Waals surface area contributed by atoms with E-state index in [9.17, 15) is 14.9 Å². The second kappa shape index (κ2) is 6.23. The minimum absolute atomic E-state index is 0.00529. The predicted molar refractivity (Wildman–Crippen MR) is 97.8 cm³/mol. The fraction of sp³-hybridized carbons (Fsp3) is 0.111. The summed E-state index contributed by atoms with van der Waals surface area (Å²) in [5.41, 5.74) is 0.808. The molecule has 0 bridgehead atoms. The van der Waals surface area contributed by atoms with E-state index in [1.165, 1.54) is 18.0 Å². The second-order valence-electron chi connectivity index (χ2n) is 5.70. The molecular weight excluding hydrogens is 354 g/mol. The lowest BCUT2D eigenvalue weighted by atomic mass is 10.0. The Hall–Kier alpha value is -3.26. The van der Waals surface area contributed by atoms with Crippen molar-refractivity contribution in [3.63, 3.8) is 0 Å². The smallest absolute Gasteiger partial charge is 0.324 e. The first-order valence-electron chi connectivity index (χ1n) is 7.82. The van der Waals surface area contributed by atoms with Crippen LogP contribution < -0.4 is 0 Å². The van der Waals surface area contributed by atoms with Gasteiger partial charge in [0.2, 0.25) is 12.1 Å². The number of hydrazone groups is 1. The summed E-state index contributed by atoms with van der Waals surface area (Å²) < 4.78 is 5.95. The number of rotatable bonds is 3. The van der Waals surface area contributed by atoms with E-state index >= 15 is 0 Å². The Morgan fingerprint density at radius 2 is 1.96 bits per heavy atom. The molecule has 1 aromatic heterocycles. The maximum Gasteiger partial charge on any atom is 0.324 e. The maximum atomic E-state index is 12.1. The first-order chi connectivity index (χ1) is 12.5. The topological polar surface area (TPSA) is 85.0 Å². The molecule has 0 N–H and O–H groups in total. The summed E-state index contributed by atoms with van der Waals surface area (Å²) in [6, 6.07) is 16.5. The molecule has 2 aromatic carbocycles. The summed E-state index contributed by atoms with van der Waals surface area (Å²) in [6.45, 7) is 1.41. The fourth-order valence-electron chi connectivity index (χ4n) is 2.87. The Bertz CT molecular complexity index is 1050. The van der Waals surface area contributed by atoms with Gasteiger partial charge >= 0.3 is 5.00 Å². The number of nitrogens with zero attached hydrogens (tertiary/aromatic N) is 3. The molecule has 0 fully saturated rings. The number of benzene rings is 2. The van der Waals surface area contributed by atoms with E-state index in [0.717, 1.165) is 27.7 Å². The van der Waals surface area contributed by atoms with Gasteiger partial charge in [-0.05, 0) is 16.8 Å². The van der Waals surface area contributed by atoms with Crippen molar-refractivity contribution in [1.82, 2.24) is 5.01 Å². The summed E-state index contributed by atoms with van der Waals surface area (Å²) in [7, 11) is 0. The summed E-state index contributed by atoms with van der Waals surface area (Å²) in [4.78, 5) is 23.0. The maximum absolute atomic E-state index is 12.1. The van der Waals surface area contributed by atoms with Gasteiger partial charge in [0, 0.05) is 18.6 Å². The molecule has 1 amide bonds. The van der Waals surface area contributed by atoms with E-state index in [0.29, 0.717) is 4.88 Å². The van der Waals surface area contributed by atoms with Gasteiger partial charge in [0.15, 0.2) is 0 Å². The number of carbonyl (C=O) groups is 1. The Morgan fingerprint density at radius 3 is 2.69 bits per heavy atom. The average Bonchev–Trinajstić information content (AvgIpc) is 3.28. The second-order valence-corrected chi connectivity index (χ2v) is 6.76. The van der Waals surface area contributed by atoms with Crippen LogP contribution in [0.1, 0.15) is 23.6 Å². The Balaban J connectivity index is 1.75. The van der Waals surface area contributed by atoms with E-state index < -0.39 is 11.2 Å². The van der Waals surface area contributed by atoms with Crippen molar-refractivity contribution in [1.29, 1.82) is 0 Å². The van der Waals surface area contributed by atoms with Crippen LogP contribution in [0.25, 0.3) is 10.8 Å². The van der Waals surface area contributed by atoms with Crippen LogP contribution in [0, 0.1) is 10.1 Å². The number of hydrogen-bond acceptors (Lipinski definition) is 6. The summed E-state index contributed by atoms with van der Waals surface area (Å²) in [6.07, 6.45) is -0.713. The first-order valence-corrected chi connectivity index (χ1v) is 8.63. The largest absolute Gasteiger partial charge is 0.445 e. The third-order valence-corrected chi connectivity index (χ3v) is 5.06. The highest BCUT2D eigenvalue weighted by atomic mass is 32.1. The molecule has 0 aliphatic carbocycles. The fourth-order valence-corrected chi connectivity index (χ4v) is 3.62. The van der Waals surface area contributed by atoms with Crippen molar-refractivity contribution in [2.24, 2.45) is 5.10 Å². The van der Waals surface area contributed by atoms with Gasteiger partial charge in [0.05, 0.1) is 9.80 Å². The van der Waals surface area contributed by atoms with Crippen molar-refractivity contribution >= 4 is 38.9 Å². The van der Waals surface area contributed by atoms with Crippen LogP contribution in [-0.2, 0) is 9.53 Å². The van der Waals surface area contributed by atoms with E-state index in [-0.39, 0.29) is 16.8 Å². The number of fused-ring (bicyclic) bond motifs is 1. The van der Waals surface area contributed by atoms with Crippen LogP contribution >= 0.6 is 11.3 Å². The van der Waals surface area contributed by atoms with Crippen LogP contribution in [0.2, 0.25) is 0 Å². The highest BCUT2D eigenvalue weighted by molar-refractivity contribution is 7.17. The Kier molecular flexibility index (Phi) is 3.89. The number of amides is 1. The molecule has 1 unspecified atom stereocenters. The highest BCUT2D eigenvalue weighted by Gasteiger charge is 2.35. The van der Waals surface area contributed by atoms with Crippen molar-refractivity contribution in [3.8, 4) is 0 Å². The normalized spacial score (nSPS) is 16.4. The third kappa shape index (κ3) is 2.70. The van der Waals surface area contributed by atoms with Gasteiger partial charge in [0.25, 0.3) is 5.90 Å². The molecule has 1 aliphatic rings. The van der Waals surface area contributed by atoms with Crippen molar-refractivity contribution < 1.29 is 14.5 Å². The van der Waals surface area contributed by atoms with Crippen molar-refractivity contribution in [2.75, 3.05) is 0 Å².